The SMILES string of the molecule is CCNC(=NCc1ccc(N2CCCC2)nc1)NCCN(C)CCCOC. The van der Waals surface area contributed by atoms with E-state index in [1.807, 2.05) is 6.20 Å². The van der Waals surface area contributed by atoms with Crippen molar-refractivity contribution in [2.45, 2.75) is 32.7 Å². The molecule has 2 heterocycles. The molecule has 7 heteroatoms. The molecule has 7 nitrogen and oxygen atoms in total. The zero-order chi connectivity index (χ0) is 19.3. The molecule has 0 aromatic carbocycles. The maximum absolute atomic E-state index is 5.10. The number of anilines is 1. The van der Waals surface area contributed by atoms with Gasteiger partial charge in [0.15, 0.2) is 5.96 Å². The zero-order valence-corrected chi connectivity index (χ0v) is 17.2. The number of pyridine rings is 1. The van der Waals surface area contributed by atoms with E-state index in [1.54, 1.807) is 7.11 Å². The molecular formula is C20H36N6O. The molecule has 0 bridgehead atoms. The van der Waals surface area contributed by atoms with Crippen molar-refractivity contribution < 1.29 is 4.74 Å². The maximum Gasteiger partial charge on any atom is 0.191 e. The Kier molecular flexibility index (Phi) is 9.94. The van der Waals surface area contributed by atoms with Crippen molar-refractivity contribution >= 4 is 11.8 Å². The minimum absolute atomic E-state index is 0.631. The minimum Gasteiger partial charge on any atom is -0.385 e. The second-order valence-corrected chi connectivity index (χ2v) is 6.99. The minimum atomic E-state index is 0.631. The first-order valence-electron chi connectivity index (χ1n) is 10.1. The van der Waals surface area contributed by atoms with Crippen LogP contribution in [0.2, 0.25) is 0 Å². The molecule has 1 aliphatic heterocycles. The highest BCUT2D eigenvalue weighted by molar-refractivity contribution is 5.79. The molecule has 1 aromatic heterocycles. The lowest BCUT2D eigenvalue weighted by molar-refractivity contribution is 0.180. The van der Waals surface area contributed by atoms with Crippen molar-refractivity contribution in [2.75, 3.05) is 64.9 Å². The summed E-state index contributed by atoms with van der Waals surface area (Å²) in [4.78, 5) is 13.9. The van der Waals surface area contributed by atoms with Crippen LogP contribution in [-0.4, -0.2) is 75.9 Å². The van der Waals surface area contributed by atoms with Gasteiger partial charge in [-0.3, -0.25) is 0 Å². The summed E-state index contributed by atoms with van der Waals surface area (Å²) in [5, 5.41) is 6.71. The molecule has 152 valence electrons. The number of aliphatic imine (C=N–C) groups is 1. The number of methoxy groups -OCH3 is 1. The highest BCUT2D eigenvalue weighted by atomic mass is 16.5. The van der Waals surface area contributed by atoms with E-state index in [0.29, 0.717) is 6.54 Å². The average molecular weight is 377 g/mol. The molecule has 0 amide bonds. The number of nitrogens with one attached hydrogen (secondary N) is 2. The summed E-state index contributed by atoms with van der Waals surface area (Å²) < 4.78 is 5.10. The van der Waals surface area contributed by atoms with E-state index in [1.165, 1.54) is 12.8 Å². The van der Waals surface area contributed by atoms with Crippen LogP contribution in [0.1, 0.15) is 31.7 Å². The Bertz CT molecular complexity index is 542. The Morgan fingerprint density at radius 3 is 2.74 bits per heavy atom. The fourth-order valence-electron chi connectivity index (χ4n) is 3.11. The monoisotopic (exact) mass is 376 g/mol. The summed E-state index contributed by atoms with van der Waals surface area (Å²) >= 11 is 0. The lowest BCUT2D eigenvalue weighted by Gasteiger charge is -2.18. The second-order valence-electron chi connectivity index (χ2n) is 6.99. The molecule has 0 saturated carbocycles. The van der Waals surface area contributed by atoms with Crippen molar-refractivity contribution in [1.82, 2.24) is 20.5 Å². The molecule has 0 radical (unpaired) electrons. The van der Waals surface area contributed by atoms with E-state index in [4.69, 9.17) is 4.74 Å². The zero-order valence-electron chi connectivity index (χ0n) is 17.2. The molecule has 27 heavy (non-hydrogen) atoms. The highest BCUT2D eigenvalue weighted by Crippen LogP contribution is 2.17. The van der Waals surface area contributed by atoms with Crippen LogP contribution in [0.5, 0.6) is 0 Å². The van der Waals surface area contributed by atoms with Gasteiger partial charge in [-0.25, -0.2) is 9.98 Å². The van der Waals surface area contributed by atoms with E-state index in [2.05, 4.69) is 56.5 Å². The van der Waals surface area contributed by atoms with Crippen LogP contribution in [0.3, 0.4) is 0 Å². The predicted molar refractivity (Wildman–Crippen MR) is 112 cm³/mol. The van der Waals surface area contributed by atoms with Gasteiger partial charge in [-0.2, -0.15) is 0 Å². The number of ether oxygens (including phenoxy) is 1. The Morgan fingerprint density at radius 1 is 1.26 bits per heavy atom. The van der Waals surface area contributed by atoms with Crippen LogP contribution in [-0.2, 0) is 11.3 Å². The number of hydrogen-bond acceptors (Lipinski definition) is 5. The summed E-state index contributed by atoms with van der Waals surface area (Å²) in [6.07, 6.45) is 5.55. The molecule has 0 unspecified atom stereocenters. The Balaban J connectivity index is 1.76. The van der Waals surface area contributed by atoms with E-state index >= 15 is 0 Å². The predicted octanol–water partition coefficient (Wildman–Crippen LogP) is 1.71. The largest absolute Gasteiger partial charge is 0.385 e. The topological polar surface area (TPSA) is 65.0 Å². The molecule has 1 saturated heterocycles. The van der Waals surface area contributed by atoms with Gasteiger partial charge in [0.2, 0.25) is 0 Å². The van der Waals surface area contributed by atoms with Crippen molar-refractivity contribution in [2.24, 2.45) is 4.99 Å². The molecule has 1 aromatic rings. The molecule has 0 aliphatic carbocycles. The van der Waals surface area contributed by atoms with Crippen LogP contribution in [0.25, 0.3) is 0 Å². The quantitative estimate of drug-likeness (QED) is 0.348. The standard InChI is InChI=1S/C20H36N6O/c1-4-21-20(22-10-14-25(2)11-7-15-27-3)24-17-18-8-9-19(23-16-18)26-12-5-6-13-26/h8-9,16H,4-7,10-15,17H2,1-3H3,(H2,21,22,24). The molecule has 1 fully saturated rings. The third kappa shape index (κ3) is 8.13. The van der Waals surface area contributed by atoms with Crippen molar-refractivity contribution in [1.29, 1.82) is 0 Å². The van der Waals surface area contributed by atoms with Gasteiger partial charge in [0.1, 0.15) is 5.82 Å². The molecular weight excluding hydrogens is 340 g/mol. The van der Waals surface area contributed by atoms with Gasteiger partial charge in [-0.15, -0.1) is 0 Å². The fourth-order valence-corrected chi connectivity index (χ4v) is 3.11. The lowest BCUT2D eigenvalue weighted by Crippen LogP contribution is -2.41. The number of hydrogen-bond donors (Lipinski definition) is 2. The first-order chi connectivity index (χ1) is 13.2. The lowest BCUT2D eigenvalue weighted by atomic mass is 10.3. The van der Waals surface area contributed by atoms with E-state index in [-0.39, 0.29) is 0 Å². The number of nitrogens with zero attached hydrogens (tertiary/aromatic N) is 4. The number of guanidine groups is 1. The second kappa shape index (κ2) is 12.5. The van der Waals surface area contributed by atoms with Gasteiger partial charge in [0.25, 0.3) is 0 Å². The van der Waals surface area contributed by atoms with Crippen LogP contribution in [0.15, 0.2) is 23.3 Å². The Labute approximate surface area is 164 Å². The van der Waals surface area contributed by atoms with Crippen molar-refractivity contribution in [3.05, 3.63) is 23.9 Å². The highest BCUT2D eigenvalue weighted by Gasteiger charge is 2.12. The summed E-state index contributed by atoms with van der Waals surface area (Å²) in [6, 6.07) is 4.25. The molecule has 2 rings (SSSR count). The maximum atomic E-state index is 5.10. The third-order valence-corrected chi connectivity index (χ3v) is 4.68. The summed E-state index contributed by atoms with van der Waals surface area (Å²) in [5.41, 5.74) is 1.13. The van der Waals surface area contributed by atoms with Crippen LogP contribution in [0, 0.1) is 0 Å². The smallest absolute Gasteiger partial charge is 0.191 e. The third-order valence-electron chi connectivity index (χ3n) is 4.68. The van der Waals surface area contributed by atoms with Crippen molar-refractivity contribution in [3.8, 4) is 0 Å². The van der Waals surface area contributed by atoms with E-state index in [0.717, 1.165) is 69.6 Å². The number of likely N-dealkylation sites (N-methyl/N-ethyl adjacent to an activating group) is 1. The Hall–Kier alpha value is -1.86. The molecule has 0 atom stereocenters. The van der Waals surface area contributed by atoms with Crippen LogP contribution < -0.4 is 15.5 Å². The summed E-state index contributed by atoms with van der Waals surface area (Å²) in [6.45, 7) is 9.50. The first kappa shape index (κ1) is 21.4. The van der Waals surface area contributed by atoms with Gasteiger partial charge in [0.05, 0.1) is 6.54 Å². The molecule has 0 spiro atoms. The summed E-state index contributed by atoms with van der Waals surface area (Å²) in [5.74, 6) is 1.94. The normalized spacial score (nSPS) is 14.8. The summed E-state index contributed by atoms with van der Waals surface area (Å²) in [7, 11) is 3.88. The molecule has 2 N–H and O–H groups in total. The molecule has 1 aliphatic rings. The van der Waals surface area contributed by atoms with Gasteiger partial charge in [-0.05, 0) is 44.9 Å². The number of aromatic nitrogens is 1. The van der Waals surface area contributed by atoms with Gasteiger partial charge in [0, 0.05) is 59.2 Å². The number of rotatable bonds is 11. The Morgan fingerprint density at radius 2 is 2.07 bits per heavy atom. The van der Waals surface area contributed by atoms with Crippen LogP contribution >= 0.6 is 0 Å². The van der Waals surface area contributed by atoms with E-state index in [9.17, 15) is 0 Å². The first-order valence-corrected chi connectivity index (χ1v) is 10.1. The van der Waals surface area contributed by atoms with Crippen molar-refractivity contribution in [3.63, 3.8) is 0 Å². The van der Waals surface area contributed by atoms with Gasteiger partial charge < -0.3 is 25.2 Å². The fraction of sp³-hybridized carbons (Fsp3) is 0.700. The van der Waals surface area contributed by atoms with Gasteiger partial charge in [-0.1, -0.05) is 6.07 Å². The average Bonchev–Trinajstić information content (AvgIpc) is 3.21. The van der Waals surface area contributed by atoms with E-state index < -0.39 is 0 Å². The van der Waals surface area contributed by atoms with Crippen LogP contribution in [0.4, 0.5) is 5.82 Å². The van der Waals surface area contributed by atoms with Gasteiger partial charge >= 0.3 is 0 Å².